The number of carbonyl (C=O) groups excluding carboxylic acids is 2. The van der Waals surface area contributed by atoms with Crippen LogP contribution in [0.1, 0.15) is 26.7 Å². The van der Waals surface area contributed by atoms with Gasteiger partial charge in [-0.3, -0.25) is 9.59 Å². The van der Waals surface area contributed by atoms with E-state index in [4.69, 9.17) is 11.6 Å². The van der Waals surface area contributed by atoms with Crippen LogP contribution in [-0.2, 0) is 9.59 Å². The Hall–Kier alpha value is -0.770. The fourth-order valence-electron chi connectivity index (χ4n) is 1.80. The smallest absolute Gasteiger partial charge is 0.240 e. The first-order chi connectivity index (χ1) is 7.56. The first kappa shape index (κ1) is 13.3. The molecule has 0 spiro atoms. The molecule has 0 aromatic rings. The van der Waals surface area contributed by atoms with Crippen LogP contribution in [0.25, 0.3) is 0 Å². The average molecular weight is 247 g/mol. The monoisotopic (exact) mass is 246 g/mol. The van der Waals surface area contributed by atoms with Gasteiger partial charge in [-0.15, -0.1) is 11.6 Å². The summed E-state index contributed by atoms with van der Waals surface area (Å²) in [5, 5.41) is -0.474. The van der Waals surface area contributed by atoms with E-state index in [2.05, 4.69) is 0 Å². The van der Waals surface area contributed by atoms with Gasteiger partial charge in [0.1, 0.15) is 5.38 Å². The van der Waals surface area contributed by atoms with Gasteiger partial charge in [-0.1, -0.05) is 6.92 Å². The highest BCUT2D eigenvalue weighted by molar-refractivity contribution is 6.30. The van der Waals surface area contributed by atoms with Crippen molar-refractivity contribution in [1.29, 1.82) is 0 Å². The molecule has 0 N–H and O–H groups in total. The van der Waals surface area contributed by atoms with E-state index >= 15 is 0 Å². The molecule has 1 rings (SSSR count). The molecule has 16 heavy (non-hydrogen) atoms. The third kappa shape index (κ3) is 3.37. The number of hydrogen-bond donors (Lipinski definition) is 0. The van der Waals surface area contributed by atoms with Crippen LogP contribution in [0.2, 0.25) is 0 Å². The summed E-state index contributed by atoms with van der Waals surface area (Å²) < 4.78 is 0. The zero-order chi connectivity index (χ0) is 12.1. The van der Waals surface area contributed by atoms with Crippen molar-refractivity contribution in [3.63, 3.8) is 0 Å². The van der Waals surface area contributed by atoms with Gasteiger partial charge in [-0.05, 0) is 13.3 Å². The van der Waals surface area contributed by atoms with Gasteiger partial charge >= 0.3 is 0 Å². The Kier molecular flexibility index (Phi) is 5.06. The van der Waals surface area contributed by atoms with Gasteiger partial charge in [-0.2, -0.15) is 0 Å². The summed E-state index contributed by atoms with van der Waals surface area (Å²) in [6.45, 7) is 6.14. The van der Waals surface area contributed by atoms with Crippen LogP contribution in [0, 0.1) is 0 Å². The topological polar surface area (TPSA) is 40.6 Å². The molecule has 1 heterocycles. The Morgan fingerprint density at radius 2 is 1.69 bits per heavy atom. The van der Waals surface area contributed by atoms with E-state index in [1.54, 1.807) is 11.8 Å². The number of carbonyl (C=O) groups is 2. The SMILES string of the molecule is CCCC(=O)N1CCN(C(=O)C(C)Cl)CC1. The molecule has 1 atom stereocenters. The fraction of sp³-hybridized carbons (Fsp3) is 0.818. The number of rotatable bonds is 3. The van der Waals surface area contributed by atoms with E-state index in [0.717, 1.165) is 6.42 Å². The molecule has 1 unspecified atom stereocenters. The van der Waals surface area contributed by atoms with Crippen LogP contribution in [0.15, 0.2) is 0 Å². The summed E-state index contributed by atoms with van der Waals surface area (Å²) in [7, 11) is 0. The van der Waals surface area contributed by atoms with E-state index in [-0.39, 0.29) is 11.8 Å². The molecule has 5 heteroatoms. The van der Waals surface area contributed by atoms with E-state index in [1.165, 1.54) is 0 Å². The summed E-state index contributed by atoms with van der Waals surface area (Å²) in [6, 6.07) is 0. The summed E-state index contributed by atoms with van der Waals surface area (Å²) in [5.41, 5.74) is 0. The number of halogens is 1. The quantitative estimate of drug-likeness (QED) is 0.700. The molecular weight excluding hydrogens is 228 g/mol. The minimum absolute atomic E-state index is 0.0377. The lowest BCUT2D eigenvalue weighted by Gasteiger charge is -2.35. The van der Waals surface area contributed by atoms with Crippen LogP contribution in [0.5, 0.6) is 0 Å². The molecule has 2 amide bonds. The van der Waals surface area contributed by atoms with Crippen molar-refractivity contribution in [1.82, 2.24) is 9.80 Å². The second-order valence-electron chi connectivity index (χ2n) is 4.07. The van der Waals surface area contributed by atoms with E-state index in [1.807, 2.05) is 11.8 Å². The maximum Gasteiger partial charge on any atom is 0.240 e. The molecule has 4 nitrogen and oxygen atoms in total. The summed E-state index contributed by atoms with van der Waals surface area (Å²) in [4.78, 5) is 26.8. The van der Waals surface area contributed by atoms with Gasteiger partial charge in [0, 0.05) is 32.6 Å². The zero-order valence-corrected chi connectivity index (χ0v) is 10.7. The van der Waals surface area contributed by atoms with E-state index < -0.39 is 5.38 Å². The van der Waals surface area contributed by atoms with Crippen LogP contribution in [0.4, 0.5) is 0 Å². The highest BCUT2D eigenvalue weighted by atomic mass is 35.5. The van der Waals surface area contributed by atoms with Gasteiger partial charge in [0.2, 0.25) is 11.8 Å². The molecule has 0 saturated carbocycles. The van der Waals surface area contributed by atoms with Gasteiger partial charge < -0.3 is 9.80 Å². The van der Waals surface area contributed by atoms with Crippen molar-refractivity contribution in [2.45, 2.75) is 32.1 Å². The summed E-state index contributed by atoms with van der Waals surface area (Å²) in [6.07, 6.45) is 1.47. The molecule has 0 radical (unpaired) electrons. The van der Waals surface area contributed by atoms with Crippen molar-refractivity contribution in [2.24, 2.45) is 0 Å². The number of piperazine rings is 1. The molecule has 0 aliphatic carbocycles. The maximum absolute atomic E-state index is 11.6. The maximum atomic E-state index is 11.6. The van der Waals surface area contributed by atoms with E-state index in [9.17, 15) is 9.59 Å². The minimum Gasteiger partial charge on any atom is -0.339 e. The molecule has 0 aromatic carbocycles. The third-order valence-electron chi connectivity index (χ3n) is 2.75. The Balaban J connectivity index is 2.39. The van der Waals surface area contributed by atoms with Crippen molar-refractivity contribution in [3.05, 3.63) is 0 Å². The molecule has 1 aliphatic heterocycles. The van der Waals surface area contributed by atoms with Crippen LogP contribution >= 0.6 is 11.6 Å². The fourth-order valence-corrected chi connectivity index (χ4v) is 1.94. The summed E-state index contributed by atoms with van der Waals surface area (Å²) in [5.74, 6) is 0.151. The van der Waals surface area contributed by atoms with Crippen LogP contribution in [0.3, 0.4) is 0 Å². The van der Waals surface area contributed by atoms with E-state index in [0.29, 0.717) is 32.6 Å². The number of alkyl halides is 1. The first-order valence-corrected chi connectivity index (χ1v) is 6.20. The molecule has 1 fully saturated rings. The number of hydrogen-bond acceptors (Lipinski definition) is 2. The zero-order valence-electron chi connectivity index (χ0n) is 9.91. The van der Waals surface area contributed by atoms with Gasteiger partial charge in [0.15, 0.2) is 0 Å². The average Bonchev–Trinajstić information content (AvgIpc) is 2.28. The highest BCUT2D eigenvalue weighted by Gasteiger charge is 2.25. The largest absolute Gasteiger partial charge is 0.339 e. The molecule has 0 bridgehead atoms. The predicted octanol–water partition coefficient (Wildman–Crippen LogP) is 1.08. The number of nitrogens with zero attached hydrogens (tertiary/aromatic N) is 2. The molecule has 92 valence electrons. The lowest BCUT2D eigenvalue weighted by atomic mass is 10.2. The van der Waals surface area contributed by atoms with Crippen molar-refractivity contribution in [2.75, 3.05) is 26.2 Å². The standard InChI is InChI=1S/C11H19ClN2O2/c1-3-4-10(15)13-5-7-14(8-6-13)11(16)9(2)12/h9H,3-8H2,1-2H3. The second-order valence-corrected chi connectivity index (χ2v) is 4.73. The van der Waals surface area contributed by atoms with Crippen molar-refractivity contribution < 1.29 is 9.59 Å². The second kappa shape index (κ2) is 6.09. The minimum atomic E-state index is -0.474. The Bertz CT molecular complexity index is 261. The third-order valence-corrected chi connectivity index (χ3v) is 2.93. The van der Waals surface area contributed by atoms with Crippen LogP contribution in [-0.4, -0.2) is 53.2 Å². The molecule has 0 aromatic heterocycles. The van der Waals surface area contributed by atoms with Gasteiger partial charge in [-0.25, -0.2) is 0 Å². The molecular formula is C11H19ClN2O2. The molecule has 1 aliphatic rings. The normalized spacial score (nSPS) is 18.4. The highest BCUT2D eigenvalue weighted by Crippen LogP contribution is 2.08. The Labute approximate surface area is 102 Å². The lowest BCUT2D eigenvalue weighted by Crippen LogP contribution is -2.51. The predicted molar refractivity (Wildman–Crippen MR) is 63.4 cm³/mol. The Morgan fingerprint density at radius 3 is 2.12 bits per heavy atom. The van der Waals surface area contributed by atoms with Gasteiger partial charge in [0.25, 0.3) is 0 Å². The lowest BCUT2D eigenvalue weighted by molar-refractivity contribution is -0.139. The van der Waals surface area contributed by atoms with Crippen molar-refractivity contribution >= 4 is 23.4 Å². The van der Waals surface area contributed by atoms with Crippen molar-refractivity contribution in [3.8, 4) is 0 Å². The van der Waals surface area contributed by atoms with Gasteiger partial charge in [0.05, 0.1) is 0 Å². The first-order valence-electron chi connectivity index (χ1n) is 5.77. The summed E-state index contributed by atoms with van der Waals surface area (Å²) >= 11 is 5.74. The Morgan fingerprint density at radius 1 is 1.19 bits per heavy atom. The molecule has 1 saturated heterocycles. The number of amides is 2. The van der Waals surface area contributed by atoms with Crippen LogP contribution < -0.4 is 0 Å².